The number of carboxylic acids is 1. The van der Waals surface area contributed by atoms with E-state index in [9.17, 15) is 9.90 Å². The van der Waals surface area contributed by atoms with Gasteiger partial charge in [-0.25, -0.2) is 14.8 Å². The highest BCUT2D eigenvalue weighted by atomic mass is 32.3. The van der Waals surface area contributed by atoms with Crippen LogP contribution in [0.3, 0.4) is 0 Å². The van der Waals surface area contributed by atoms with Crippen molar-refractivity contribution < 1.29 is 19.7 Å². The minimum atomic E-state index is -0.980. The van der Waals surface area contributed by atoms with Gasteiger partial charge in [-0.2, -0.15) is 0 Å². The second-order valence-electron chi connectivity index (χ2n) is 10.1. The first-order valence-electron chi connectivity index (χ1n) is 12.6. The van der Waals surface area contributed by atoms with E-state index in [0.717, 1.165) is 47.5 Å². The van der Waals surface area contributed by atoms with Gasteiger partial charge in [0.05, 0.1) is 12.2 Å². The van der Waals surface area contributed by atoms with Crippen molar-refractivity contribution in [3.8, 4) is 28.0 Å². The Kier molecular flexibility index (Phi) is 8.27. The molecule has 3 aromatic carbocycles. The maximum absolute atomic E-state index is 11.3. The van der Waals surface area contributed by atoms with E-state index in [1.807, 2.05) is 24.3 Å². The van der Waals surface area contributed by atoms with E-state index in [1.165, 1.54) is 23.4 Å². The van der Waals surface area contributed by atoms with Crippen molar-refractivity contribution in [3.63, 3.8) is 0 Å². The predicted octanol–water partition coefficient (Wildman–Crippen LogP) is 6.52. The predicted molar refractivity (Wildman–Crippen MR) is 151 cm³/mol. The van der Waals surface area contributed by atoms with Gasteiger partial charge in [0.2, 0.25) is 0 Å². The van der Waals surface area contributed by atoms with Crippen molar-refractivity contribution in [3.05, 3.63) is 66.2 Å². The van der Waals surface area contributed by atoms with Crippen molar-refractivity contribution in [1.29, 1.82) is 0 Å². The Balaban J connectivity index is 1.77. The van der Waals surface area contributed by atoms with E-state index in [0.29, 0.717) is 13.0 Å². The molecule has 1 fully saturated rings. The van der Waals surface area contributed by atoms with Crippen LogP contribution in [0.1, 0.15) is 36.0 Å². The van der Waals surface area contributed by atoms with Crippen LogP contribution in [0.2, 0.25) is 0 Å². The van der Waals surface area contributed by atoms with Crippen LogP contribution in [-0.2, 0) is 0 Å². The van der Waals surface area contributed by atoms with Gasteiger partial charge in [0, 0.05) is 35.8 Å². The molecule has 0 saturated carbocycles. The number of benzene rings is 3. The molecule has 0 unspecified atom stereocenters. The van der Waals surface area contributed by atoms with Gasteiger partial charge in [0.15, 0.2) is 0 Å². The number of rotatable bonds is 10. The first-order valence-corrected chi connectivity index (χ1v) is 15.4. The molecule has 36 heavy (non-hydrogen) atoms. The molecule has 5 nitrogen and oxygen atoms in total. The van der Waals surface area contributed by atoms with Crippen LogP contribution in [0.5, 0.6) is 5.75 Å². The van der Waals surface area contributed by atoms with Crippen LogP contribution in [0.25, 0.3) is 22.3 Å². The summed E-state index contributed by atoms with van der Waals surface area (Å²) in [6, 6.07) is 20.0. The van der Waals surface area contributed by atoms with E-state index in [4.69, 9.17) is 9.84 Å². The Labute approximate surface area is 216 Å². The Bertz CT molecular complexity index is 1190. The molecule has 0 bridgehead atoms. The highest BCUT2D eigenvalue weighted by Crippen LogP contribution is 2.52. The van der Waals surface area contributed by atoms with Crippen LogP contribution >= 0.6 is 10.0 Å². The lowest BCUT2D eigenvalue weighted by Crippen LogP contribution is -2.19. The summed E-state index contributed by atoms with van der Waals surface area (Å²) in [4.78, 5) is 15.2. The zero-order valence-corrected chi connectivity index (χ0v) is 22.3. The van der Waals surface area contributed by atoms with E-state index in [1.54, 1.807) is 12.1 Å². The fraction of sp³-hybridized carbons (Fsp3) is 0.367. The van der Waals surface area contributed by atoms with Crippen molar-refractivity contribution in [1.82, 2.24) is 0 Å². The Hall–Kier alpha value is -2.96. The summed E-state index contributed by atoms with van der Waals surface area (Å²) in [6.45, 7) is 2.94. The molecule has 1 saturated heterocycles. The Morgan fingerprint density at radius 1 is 0.889 bits per heavy atom. The molecule has 3 aromatic rings. The number of nitrogens with zero attached hydrogens (tertiary/aromatic N) is 1. The molecule has 0 atom stereocenters. The van der Waals surface area contributed by atoms with E-state index >= 15 is 0 Å². The second kappa shape index (κ2) is 11.4. The molecule has 4 rings (SSSR count). The first-order chi connectivity index (χ1) is 17.3. The van der Waals surface area contributed by atoms with Gasteiger partial charge in [-0.05, 0) is 97.5 Å². The van der Waals surface area contributed by atoms with E-state index < -0.39 is 16.0 Å². The number of carbonyl (C=O) groups is 1. The van der Waals surface area contributed by atoms with Gasteiger partial charge >= 0.3 is 5.97 Å². The highest BCUT2D eigenvalue weighted by Gasteiger charge is 2.22. The van der Waals surface area contributed by atoms with E-state index in [2.05, 4.69) is 47.9 Å². The number of aliphatic hydroxyl groups is 1. The molecule has 1 aliphatic rings. The number of unbranched alkanes of at least 4 members (excludes halogenated alkanes) is 1. The SMILES string of the molecule is CS(C)(C)c1cc(-c2cc(-c3ccc(C(=O)O)cc3)ccc2OCCCCO)ccc1N1CCCC1. The van der Waals surface area contributed by atoms with Gasteiger partial charge in [0.25, 0.3) is 0 Å². The number of ether oxygens (including phenoxy) is 1. The summed E-state index contributed by atoms with van der Waals surface area (Å²) in [6.07, 6.45) is 11.0. The molecule has 1 heterocycles. The lowest BCUT2D eigenvalue weighted by atomic mass is 9.97. The summed E-state index contributed by atoms with van der Waals surface area (Å²) in [5.41, 5.74) is 5.75. The maximum Gasteiger partial charge on any atom is 0.335 e. The largest absolute Gasteiger partial charge is 0.493 e. The van der Waals surface area contributed by atoms with Gasteiger partial charge in [-0.15, -0.1) is 0 Å². The van der Waals surface area contributed by atoms with Gasteiger partial charge in [-0.1, -0.05) is 24.3 Å². The third-order valence-electron chi connectivity index (χ3n) is 6.63. The molecule has 0 spiro atoms. The second-order valence-corrected chi connectivity index (χ2v) is 14.2. The monoisotopic (exact) mass is 507 g/mol. The molecule has 0 amide bonds. The minimum Gasteiger partial charge on any atom is -0.493 e. The summed E-state index contributed by atoms with van der Waals surface area (Å²) in [5, 5.41) is 18.4. The smallest absolute Gasteiger partial charge is 0.335 e. The number of carboxylic acid groups (broad SMARTS) is 1. The van der Waals surface area contributed by atoms with Gasteiger partial charge in [0.1, 0.15) is 5.75 Å². The van der Waals surface area contributed by atoms with E-state index in [-0.39, 0.29) is 12.2 Å². The van der Waals surface area contributed by atoms with Gasteiger partial charge in [-0.3, -0.25) is 0 Å². The molecule has 0 aliphatic carbocycles. The first kappa shape index (κ1) is 26.1. The van der Waals surface area contributed by atoms with Crippen molar-refractivity contribution in [2.24, 2.45) is 0 Å². The third kappa shape index (κ3) is 6.05. The molecule has 1 aliphatic heterocycles. The Morgan fingerprint density at radius 2 is 1.56 bits per heavy atom. The lowest BCUT2D eigenvalue weighted by Gasteiger charge is -2.33. The third-order valence-corrected chi connectivity index (χ3v) is 8.28. The van der Waals surface area contributed by atoms with Crippen LogP contribution < -0.4 is 9.64 Å². The quantitative estimate of drug-likeness (QED) is 0.306. The summed E-state index contributed by atoms with van der Waals surface area (Å²) in [7, 11) is -0.980. The molecular formula is C30H37NO4S. The summed E-state index contributed by atoms with van der Waals surface area (Å²) >= 11 is 0. The van der Waals surface area contributed by atoms with Crippen LogP contribution in [0.4, 0.5) is 5.69 Å². The van der Waals surface area contributed by atoms with Crippen LogP contribution in [0.15, 0.2) is 65.6 Å². The molecule has 192 valence electrons. The average Bonchev–Trinajstić information content (AvgIpc) is 3.41. The number of hydrogen-bond donors (Lipinski definition) is 2. The highest BCUT2D eigenvalue weighted by molar-refractivity contribution is 8.32. The minimum absolute atomic E-state index is 0.164. The molecule has 2 N–H and O–H groups in total. The number of anilines is 1. The topological polar surface area (TPSA) is 70.0 Å². The Morgan fingerprint density at radius 3 is 2.19 bits per heavy atom. The number of aliphatic hydroxyl groups excluding tert-OH is 1. The maximum atomic E-state index is 11.3. The summed E-state index contributed by atoms with van der Waals surface area (Å²) < 4.78 is 6.20. The average molecular weight is 508 g/mol. The van der Waals surface area contributed by atoms with Crippen molar-refractivity contribution >= 4 is 21.7 Å². The molecular weight excluding hydrogens is 470 g/mol. The number of hydrogen-bond acceptors (Lipinski definition) is 4. The summed E-state index contributed by atoms with van der Waals surface area (Å²) in [5.74, 6) is -0.105. The van der Waals surface area contributed by atoms with Gasteiger partial charge < -0.3 is 19.8 Å². The standard InChI is InChI=1S/C30H37NO4S/c1-36(2,3)29-21-25(12-14-27(29)31-16-4-5-17-31)26-20-24(13-15-28(26)35-19-7-6-18-32)22-8-10-23(11-9-22)30(33)34/h8-15,20-21,32H,4-7,16-19H2,1-3H3,(H,33,34). The fourth-order valence-electron chi connectivity index (χ4n) is 4.65. The zero-order valence-electron chi connectivity index (χ0n) is 21.5. The molecule has 6 heteroatoms. The van der Waals surface area contributed by atoms with Crippen LogP contribution in [0, 0.1) is 0 Å². The zero-order chi connectivity index (χ0) is 25.7. The fourth-order valence-corrected chi connectivity index (χ4v) is 5.96. The molecule has 0 radical (unpaired) electrons. The lowest BCUT2D eigenvalue weighted by molar-refractivity contribution is 0.0697. The molecule has 0 aromatic heterocycles. The van der Waals surface area contributed by atoms with Crippen molar-refractivity contribution in [2.75, 3.05) is 50.0 Å². The van der Waals surface area contributed by atoms with Crippen LogP contribution in [-0.4, -0.2) is 61.3 Å². The van der Waals surface area contributed by atoms with Crippen molar-refractivity contribution in [2.45, 2.75) is 30.6 Å². The normalized spacial score (nSPS) is 14.2. The number of aromatic carboxylic acids is 1.